The molecule has 1 atom stereocenters. The monoisotopic (exact) mass is 213 g/mol. The van der Waals surface area contributed by atoms with E-state index in [1.165, 1.54) is 13.0 Å². The van der Waals surface area contributed by atoms with Crippen molar-refractivity contribution in [2.24, 2.45) is 0 Å². The van der Waals surface area contributed by atoms with Crippen molar-refractivity contribution >= 4 is 5.78 Å². The number of rotatable bonds is 3. The molecule has 1 unspecified atom stereocenters. The van der Waals surface area contributed by atoms with Crippen LogP contribution in [0.25, 0.3) is 0 Å². The molecule has 0 aliphatic heterocycles. The van der Waals surface area contributed by atoms with Gasteiger partial charge in [-0.3, -0.25) is 4.79 Å². The number of ketones is 1. The summed E-state index contributed by atoms with van der Waals surface area (Å²) in [5.74, 6) is -2.16. The summed E-state index contributed by atoms with van der Waals surface area (Å²) in [5, 5.41) is 2.65. The molecule has 1 aromatic carbocycles. The molecular weight excluding hydrogens is 200 g/mol. The first-order chi connectivity index (χ1) is 6.99. The maximum atomic E-state index is 13.5. The zero-order valence-corrected chi connectivity index (χ0v) is 8.90. The molecule has 1 rings (SSSR count). The van der Waals surface area contributed by atoms with Gasteiger partial charge in [-0.2, -0.15) is 0 Å². The predicted octanol–water partition coefficient (Wildman–Crippen LogP) is 2.06. The molecule has 0 saturated heterocycles. The van der Waals surface area contributed by atoms with Crippen LogP contribution in [0.1, 0.15) is 22.8 Å². The van der Waals surface area contributed by atoms with Crippen LogP contribution in [-0.4, -0.2) is 18.9 Å². The van der Waals surface area contributed by atoms with Gasteiger partial charge in [0.15, 0.2) is 5.78 Å². The van der Waals surface area contributed by atoms with Gasteiger partial charge in [-0.15, -0.1) is 0 Å². The highest BCUT2D eigenvalue weighted by molar-refractivity contribution is 6.00. The van der Waals surface area contributed by atoms with Crippen molar-refractivity contribution in [2.75, 3.05) is 7.05 Å². The van der Waals surface area contributed by atoms with Crippen molar-refractivity contribution in [1.29, 1.82) is 0 Å². The maximum Gasteiger partial charge on any atom is 0.185 e. The van der Waals surface area contributed by atoms with E-state index < -0.39 is 29.0 Å². The molecule has 0 amide bonds. The number of likely N-dealkylation sites (N-methyl/N-ethyl adjacent to an activating group) is 1. The zero-order chi connectivity index (χ0) is 11.6. The topological polar surface area (TPSA) is 29.1 Å². The first-order valence-electron chi connectivity index (χ1n) is 4.65. The summed E-state index contributed by atoms with van der Waals surface area (Å²) in [7, 11) is 1.56. The fourth-order valence-electron chi connectivity index (χ4n) is 1.23. The Labute approximate surface area is 87.3 Å². The van der Waals surface area contributed by atoms with Crippen LogP contribution in [0, 0.1) is 18.6 Å². The number of benzene rings is 1. The summed E-state index contributed by atoms with van der Waals surface area (Å²) in [6, 6.07) is 1.82. The molecule has 15 heavy (non-hydrogen) atoms. The molecule has 0 radical (unpaired) electrons. The van der Waals surface area contributed by atoms with Crippen LogP contribution in [0.2, 0.25) is 0 Å². The molecule has 0 aliphatic rings. The van der Waals surface area contributed by atoms with Crippen molar-refractivity contribution in [3.05, 3.63) is 34.9 Å². The van der Waals surface area contributed by atoms with E-state index >= 15 is 0 Å². The van der Waals surface area contributed by atoms with Gasteiger partial charge >= 0.3 is 0 Å². The van der Waals surface area contributed by atoms with Gasteiger partial charge in [-0.25, -0.2) is 8.78 Å². The highest BCUT2D eigenvalue weighted by Gasteiger charge is 2.22. The lowest BCUT2D eigenvalue weighted by atomic mass is 10.0. The Morgan fingerprint density at radius 1 is 1.40 bits per heavy atom. The van der Waals surface area contributed by atoms with E-state index in [9.17, 15) is 13.6 Å². The third-order valence-corrected chi connectivity index (χ3v) is 2.36. The van der Waals surface area contributed by atoms with E-state index in [4.69, 9.17) is 0 Å². The van der Waals surface area contributed by atoms with E-state index in [0.29, 0.717) is 0 Å². The largest absolute Gasteiger partial charge is 0.310 e. The molecule has 1 aromatic rings. The molecule has 82 valence electrons. The lowest BCUT2D eigenvalue weighted by molar-refractivity contribution is 0.0946. The fourth-order valence-corrected chi connectivity index (χ4v) is 1.23. The molecule has 1 N–H and O–H groups in total. The second-order valence-electron chi connectivity index (χ2n) is 3.43. The summed E-state index contributed by atoms with van der Waals surface area (Å²) in [5.41, 5.74) is -0.195. The number of nitrogens with one attached hydrogen (secondary N) is 1. The maximum absolute atomic E-state index is 13.5. The van der Waals surface area contributed by atoms with Gasteiger partial charge in [0.2, 0.25) is 0 Å². The molecule has 0 spiro atoms. The predicted molar refractivity (Wildman–Crippen MR) is 53.9 cm³/mol. The van der Waals surface area contributed by atoms with Gasteiger partial charge in [0.25, 0.3) is 0 Å². The summed E-state index contributed by atoms with van der Waals surface area (Å²) in [4.78, 5) is 11.6. The standard InChI is InChI=1S/C11H13F2NO/c1-6-4-5-8(12)9(10(6)13)11(15)7(2)14-3/h4-5,7,14H,1-3H3. The van der Waals surface area contributed by atoms with Gasteiger partial charge in [0, 0.05) is 0 Å². The van der Waals surface area contributed by atoms with Crippen LogP contribution in [-0.2, 0) is 0 Å². The molecule has 0 aromatic heterocycles. The summed E-state index contributed by atoms with van der Waals surface area (Å²) >= 11 is 0. The SMILES string of the molecule is CNC(C)C(=O)c1c(F)ccc(C)c1F. The average molecular weight is 213 g/mol. The lowest BCUT2D eigenvalue weighted by Gasteiger charge is -2.11. The number of hydrogen-bond acceptors (Lipinski definition) is 2. The van der Waals surface area contributed by atoms with Crippen LogP contribution in [0.4, 0.5) is 8.78 Å². The van der Waals surface area contributed by atoms with Crippen LogP contribution >= 0.6 is 0 Å². The van der Waals surface area contributed by atoms with E-state index in [0.717, 1.165) is 6.07 Å². The Kier molecular flexibility index (Phi) is 3.52. The van der Waals surface area contributed by atoms with Gasteiger partial charge in [0.05, 0.1) is 11.6 Å². The minimum Gasteiger partial charge on any atom is -0.310 e. The third kappa shape index (κ3) is 2.21. The van der Waals surface area contributed by atoms with Gasteiger partial charge in [-0.05, 0) is 32.5 Å². The fraction of sp³-hybridized carbons (Fsp3) is 0.364. The smallest absolute Gasteiger partial charge is 0.185 e. The first-order valence-corrected chi connectivity index (χ1v) is 4.65. The van der Waals surface area contributed by atoms with Crippen LogP contribution in [0.3, 0.4) is 0 Å². The number of halogens is 2. The molecule has 0 fully saturated rings. The molecule has 0 bridgehead atoms. The Hall–Kier alpha value is -1.29. The van der Waals surface area contributed by atoms with Crippen molar-refractivity contribution in [3.8, 4) is 0 Å². The van der Waals surface area contributed by atoms with Crippen LogP contribution in [0.5, 0.6) is 0 Å². The third-order valence-electron chi connectivity index (χ3n) is 2.36. The van der Waals surface area contributed by atoms with Gasteiger partial charge < -0.3 is 5.32 Å². The Morgan fingerprint density at radius 2 is 2.00 bits per heavy atom. The number of Topliss-reactive ketones (excluding diaryl/α,β-unsaturated/α-hetero) is 1. The molecule has 0 aliphatic carbocycles. The highest BCUT2D eigenvalue weighted by Crippen LogP contribution is 2.17. The summed E-state index contributed by atoms with van der Waals surface area (Å²) < 4.78 is 26.8. The van der Waals surface area contributed by atoms with Crippen molar-refractivity contribution < 1.29 is 13.6 Å². The zero-order valence-electron chi connectivity index (χ0n) is 8.90. The summed E-state index contributed by atoms with van der Waals surface area (Å²) in [6.45, 7) is 3.05. The van der Waals surface area contributed by atoms with E-state index in [1.54, 1.807) is 14.0 Å². The highest BCUT2D eigenvalue weighted by atomic mass is 19.1. The molecule has 2 nitrogen and oxygen atoms in total. The molecular formula is C11H13F2NO. The van der Waals surface area contributed by atoms with Gasteiger partial charge in [-0.1, -0.05) is 6.07 Å². The Bertz CT molecular complexity index is 390. The molecule has 4 heteroatoms. The van der Waals surface area contributed by atoms with E-state index in [1.807, 2.05) is 0 Å². The second-order valence-corrected chi connectivity index (χ2v) is 3.43. The number of aryl methyl sites for hydroxylation is 1. The van der Waals surface area contributed by atoms with Crippen molar-refractivity contribution in [2.45, 2.75) is 19.9 Å². The van der Waals surface area contributed by atoms with E-state index in [2.05, 4.69) is 5.32 Å². The van der Waals surface area contributed by atoms with Crippen LogP contribution in [0.15, 0.2) is 12.1 Å². The quantitative estimate of drug-likeness (QED) is 0.779. The molecule has 0 heterocycles. The normalized spacial score (nSPS) is 12.6. The number of carbonyl (C=O) groups is 1. The number of carbonyl (C=O) groups excluding carboxylic acids is 1. The average Bonchev–Trinajstić information content (AvgIpc) is 2.22. The van der Waals surface area contributed by atoms with Crippen molar-refractivity contribution in [3.63, 3.8) is 0 Å². The minimum absolute atomic E-state index is 0.267. The Balaban J connectivity index is 3.24. The van der Waals surface area contributed by atoms with Crippen LogP contribution < -0.4 is 5.32 Å². The lowest BCUT2D eigenvalue weighted by Crippen LogP contribution is -2.32. The van der Waals surface area contributed by atoms with Gasteiger partial charge in [0.1, 0.15) is 11.6 Å². The number of hydrogen-bond donors (Lipinski definition) is 1. The molecule has 0 saturated carbocycles. The van der Waals surface area contributed by atoms with Crippen molar-refractivity contribution in [1.82, 2.24) is 5.32 Å². The first kappa shape index (κ1) is 11.8. The minimum atomic E-state index is -0.815. The second kappa shape index (κ2) is 4.49. The van der Waals surface area contributed by atoms with E-state index in [-0.39, 0.29) is 5.56 Å². The Morgan fingerprint density at radius 3 is 2.53 bits per heavy atom. The summed E-state index contributed by atoms with van der Waals surface area (Å²) in [6.07, 6.45) is 0.